The average Bonchev–Trinajstić information content (AvgIpc) is 2.96. The van der Waals surface area contributed by atoms with E-state index in [1.165, 1.54) is 17.1 Å². The van der Waals surface area contributed by atoms with Crippen molar-refractivity contribution >= 4 is 29.9 Å². The predicted octanol–water partition coefficient (Wildman–Crippen LogP) is 1.73. The Kier molecular flexibility index (Phi) is 9.89. The number of amides is 4. The quantitative estimate of drug-likeness (QED) is 0.267. The second-order valence-corrected chi connectivity index (χ2v) is 8.98. The molecular weight excluding hydrogens is 386 g/mol. The van der Waals surface area contributed by atoms with Gasteiger partial charge in [0.2, 0.25) is 11.8 Å². The molecule has 1 rings (SSSR count). The molecule has 0 aromatic rings. The topological polar surface area (TPSA) is 113 Å². The summed E-state index contributed by atoms with van der Waals surface area (Å²) in [5.41, 5.74) is -0.524. The maximum atomic E-state index is 12.6. The van der Waals surface area contributed by atoms with Crippen LogP contribution in [0.15, 0.2) is 12.2 Å². The summed E-state index contributed by atoms with van der Waals surface area (Å²) in [5.74, 6) is -1.14. The van der Waals surface area contributed by atoms with Gasteiger partial charge in [0.15, 0.2) is 0 Å². The fourth-order valence-corrected chi connectivity index (χ4v) is 3.39. The lowest BCUT2D eigenvalue weighted by Crippen LogP contribution is -2.52. The van der Waals surface area contributed by atoms with Gasteiger partial charge in [0.05, 0.1) is 0 Å². The molecule has 30 heavy (non-hydrogen) atoms. The van der Waals surface area contributed by atoms with Crippen LogP contribution in [0.5, 0.6) is 0 Å². The van der Waals surface area contributed by atoms with Gasteiger partial charge in [-0.15, -0.1) is 0 Å². The van der Waals surface area contributed by atoms with Crippen LogP contribution in [0.25, 0.3) is 0 Å². The van der Waals surface area contributed by atoms with Gasteiger partial charge in [-0.3, -0.25) is 24.1 Å². The summed E-state index contributed by atoms with van der Waals surface area (Å²) in [7, 11) is 0. The number of nitrogens with one attached hydrogen (secondary N) is 2. The summed E-state index contributed by atoms with van der Waals surface area (Å²) in [4.78, 5) is 60.1. The minimum absolute atomic E-state index is 0.0834. The highest BCUT2D eigenvalue weighted by Gasteiger charge is 2.27. The molecule has 0 spiro atoms. The van der Waals surface area contributed by atoms with Crippen LogP contribution in [0, 0.1) is 11.3 Å². The van der Waals surface area contributed by atoms with Crippen LogP contribution < -0.4 is 10.6 Å². The van der Waals surface area contributed by atoms with Crippen molar-refractivity contribution in [3.05, 3.63) is 12.2 Å². The lowest BCUT2D eigenvalue weighted by atomic mass is 9.88. The van der Waals surface area contributed by atoms with Crippen molar-refractivity contribution in [2.45, 2.75) is 78.8 Å². The number of unbranched alkanes of at least 4 members (excludes halogenated alkanes) is 2. The highest BCUT2D eigenvalue weighted by molar-refractivity contribution is 6.12. The molecule has 0 aromatic carbocycles. The van der Waals surface area contributed by atoms with Crippen LogP contribution in [-0.2, 0) is 24.0 Å². The molecule has 2 atom stereocenters. The van der Waals surface area contributed by atoms with Crippen molar-refractivity contribution in [1.29, 1.82) is 0 Å². The van der Waals surface area contributed by atoms with E-state index in [4.69, 9.17) is 0 Å². The molecule has 1 aliphatic rings. The summed E-state index contributed by atoms with van der Waals surface area (Å²) in [5, 5.41) is 5.68. The third kappa shape index (κ3) is 8.47. The van der Waals surface area contributed by atoms with Crippen molar-refractivity contribution in [3.8, 4) is 0 Å². The summed E-state index contributed by atoms with van der Waals surface area (Å²) in [6.45, 7) is 9.55. The van der Waals surface area contributed by atoms with Crippen molar-refractivity contribution in [2.75, 3.05) is 6.54 Å². The first-order valence-electron chi connectivity index (χ1n) is 10.6. The van der Waals surface area contributed by atoms with Gasteiger partial charge >= 0.3 is 0 Å². The number of imide groups is 1. The molecule has 168 valence electrons. The van der Waals surface area contributed by atoms with Crippen molar-refractivity contribution in [3.63, 3.8) is 0 Å². The van der Waals surface area contributed by atoms with E-state index in [2.05, 4.69) is 10.6 Å². The molecule has 0 saturated carbocycles. The van der Waals surface area contributed by atoms with Gasteiger partial charge in [-0.25, -0.2) is 0 Å². The van der Waals surface area contributed by atoms with Crippen molar-refractivity contribution in [1.82, 2.24) is 15.5 Å². The van der Waals surface area contributed by atoms with E-state index in [0.717, 1.165) is 6.29 Å². The summed E-state index contributed by atoms with van der Waals surface area (Å²) < 4.78 is 0. The van der Waals surface area contributed by atoms with Crippen LogP contribution in [0.2, 0.25) is 0 Å². The van der Waals surface area contributed by atoms with Crippen LogP contribution >= 0.6 is 0 Å². The number of carbonyl (C=O) groups excluding carboxylic acids is 5. The van der Waals surface area contributed by atoms with Gasteiger partial charge in [-0.2, -0.15) is 0 Å². The molecule has 0 radical (unpaired) electrons. The number of nitrogens with zero attached hydrogens (tertiary/aromatic N) is 1. The monoisotopic (exact) mass is 421 g/mol. The number of rotatable bonds is 13. The Balaban J connectivity index is 2.38. The van der Waals surface area contributed by atoms with E-state index in [9.17, 15) is 24.0 Å². The summed E-state index contributed by atoms with van der Waals surface area (Å²) in [6.07, 6.45) is 6.10. The molecule has 4 amide bonds. The molecule has 0 bridgehead atoms. The normalized spacial score (nSPS) is 16.0. The fourth-order valence-electron chi connectivity index (χ4n) is 3.39. The molecule has 0 unspecified atom stereocenters. The molecule has 8 nitrogen and oxygen atoms in total. The van der Waals surface area contributed by atoms with Gasteiger partial charge in [-0.05, 0) is 32.1 Å². The molecule has 0 aromatic heterocycles. The Morgan fingerprint density at radius 2 is 1.63 bits per heavy atom. The maximum absolute atomic E-state index is 12.6. The van der Waals surface area contributed by atoms with E-state index in [1.807, 2.05) is 34.6 Å². The highest BCUT2D eigenvalue weighted by atomic mass is 16.2. The molecule has 2 N–H and O–H groups in total. The Morgan fingerprint density at radius 3 is 2.17 bits per heavy atom. The second-order valence-electron chi connectivity index (χ2n) is 8.98. The second kappa shape index (κ2) is 11.6. The average molecular weight is 422 g/mol. The molecule has 1 heterocycles. The SMILES string of the molecule is CC(C)[C@H](NC(=O)CCCCCN1C(=O)C=CC1=O)C(=O)N[C@@H](C)CC(C)(C)C=O. The maximum Gasteiger partial charge on any atom is 0.253 e. The Bertz CT molecular complexity index is 666. The smallest absolute Gasteiger partial charge is 0.253 e. The largest absolute Gasteiger partial charge is 0.352 e. The third-order valence-electron chi connectivity index (χ3n) is 4.99. The number of hydrogen-bond donors (Lipinski definition) is 2. The standard InChI is InChI=1S/C22H35N3O5/c1-15(2)20(21(30)23-16(3)13-22(4,5)14-26)24-17(27)9-7-6-8-12-25-18(28)10-11-19(25)29/h10-11,14-16,20H,6-9,12-13H2,1-5H3,(H,23,30)(H,24,27)/t16-,20-/m0/s1. The Labute approximate surface area is 178 Å². The zero-order chi connectivity index (χ0) is 22.9. The number of aldehydes is 1. The van der Waals surface area contributed by atoms with Crippen LogP contribution in [0.4, 0.5) is 0 Å². The van der Waals surface area contributed by atoms with Gasteiger partial charge in [-0.1, -0.05) is 34.1 Å². The van der Waals surface area contributed by atoms with Crippen LogP contribution in [-0.4, -0.2) is 53.4 Å². The van der Waals surface area contributed by atoms with E-state index < -0.39 is 11.5 Å². The zero-order valence-electron chi connectivity index (χ0n) is 18.7. The van der Waals surface area contributed by atoms with Gasteiger partial charge in [0, 0.05) is 36.6 Å². The molecule has 8 heteroatoms. The van der Waals surface area contributed by atoms with Gasteiger partial charge < -0.3 is 15.4 Å². The third-order valence-corrected chi connectivity index (χ3v) is 4.99. The molecular formula is C22H35N3O5. The number of carbonyl (C=O) groups is 5. The van der Waals surface area contributed by atoms with Crippen LogP contribution in [0.3, 0.4) is 0 Å². The fraction of sp³-hybridized carbons (Fsp3) is 0.682. The van der Waals surface area contributed by atoms with E-state index in [0.29, 0.717) is 32.2 Å². The first kappa shape index (κ1) is 25.5. The summed E-state index contributed by atoms with van der Waals surface area (Å²) >= 11 is 0. The zero-order valence-corrected chi connectivity index (χ0v) is 18.7. The Morgan fingerprint density at radius 1 is 1.03 bits per heavy atom. The minimum atomic E-state index is -0.648. The number of hydrogen-bond acceptors (Lipinski definition) is 5. The van der Waals surface area contributed by atoms with E-state index in [1.54, 1.807) is 0 Å². The molecule has 1 aliphatic heterocycles. The first-order valence-corrected chi connectivity index (χ1v) is 10.6. The van der Waals surface area contributed by atoms with Crippen molar-refractivity contribution in [2.24, 2.45) is 11.3 Å². The lowest BCUT2D eigenvalue weighted by Gasteiger charge is -2.27. The molecule has 0 saturated heterocycles. The Hall–Kier alpha value is -2.51. The lowest BCUT2D eigenvalue weighted by molar-refractivity contribution is -0.137. The predicted molar refractivity (Wildman–Crippen MR) is 113 cm³/mol. The van der Waals surface area contributed by atoms with E-state index in [-0.39, 0.29) is 42.0 Å². The molecule has 0 aliphatic carbocycles. The highest BCUT2D eigenvalue weighted by Crippen LogP contribution is 2.19. The van der Waals surface area contributed by atoms with Crippen molar-refractivity contribution < 1.29 is 24.0 Å². The van der Waals surface area contributed by atoms with Gasteiger partial charge in [0.25, 0.3) is 11.8 Å². The molecule has 0 fully saturated rings. The van der Waals surface area contributed by atoms with E-state index >= 15 is 0 Å². The minimum Gasteiger partial charge on any atom is -0.352 e. The van der Waals surface area contributed by atoms with Gasteiger partial charge in [0.1, 0.15) is 12.3 Å². The van der Waals surface area contributed by atoms with Crippen LogP contribution in [0.1, 0.15) is 66.7 Å². The first-order chi connectivity index (χ1) is 14.0. The summed E-state index contributed by atoms with van der Waals surface area (Å²) in [6, 6.07) is -0.841.